The first-order chi connectivity index (χ1) is 14.7. The van der Waals surface area contributed by atoms with Crippen molar-refractivity contribution in [3.05, 3.63) is 78.8 Å². The Morgan fingerprint density at radius 3 is 1.58 bits per heavy atom. The molecule has 0 aromatic heterocycles. The van der Waals surface area contributed by atoms with E-state index in [9.17, 15) is 32.6 Å². The minimum atomic E-state index is -9.82. The molecule has 3 rings (SSSR count). The van der Waals surface area contributed by atoms with Crippen molar-refractivity contribution in [3.8, 4) is 0 Å². The van der Waals surface area contributed by atoms with E-state index in [0.29, 0.717) is 11.4 Å². The van der Waals surface area contributed by atoms with Crippen molar-refractivity contribution >= 4 is 21.6 Å². The molecule has 0 saturated carbocycles. The first-order valence-corrected chi connectivity index (χ1v) is 11.7. The maximum Gasteiger partial charge on any atom is 0.416 e. The average molecular weight is 500 g/mol. The molecule has 33 heavy (non-hydrogen) atoms. The van der Waals surface area contributed by atoms with Crippen molar-refractivity contribution in [2.75, 3.05) is 9.80 Å². The molecule has 2 aromatic rings. The van der Waals surface area contributed by atoms with Crippen LogP contribution in [0.25, 0.3) is 0 Å². The second kappa shape index (κ2) is 7.41. The number of anilines is 2. The predicted octanol–water partition coefficient (Wildman–Crippen LogP) is 9.48. The van der Waals surface area contributed by atoms with Crippen LogP contribution in [0.2, 0.25) is 0 Å². The predicted molar refractivity (Wildman–Crippen MR) is 118 cm³/mol. The topological polar surface area (TPSA) is 6.48 Å². The number of rotatable bonds is 3. The maximum atomic E-state index is 13.0. The molecule has 0 radical (unpaired) electrons. The van der Waals surface area contributed by atoms with Gasteiger partial charge in [-0.05, 0) is 62.4 Å². The van der Waals surface area contributed by atoms with Gasteiger partial charge in [-0.2, -0.15) is 13.2 Å². The van der Waals surface area contributed by atoms with Gasteiger partial charge in [0.2, 0.25) is 0 Å². The van der Waals surface area contributed by atoms with Gasteiger partial charge in [-0.3, -0.25) is 4.90 Å². The SMILES string of the molecule is C=C1N(c2ccc(S(F)(F)(F)(F)F)cc2)C(=C)C(C)(C)N1c1ccc(C(F)(F)F)cc1.CC. The Labute approximate surface area is 187 Å². The van der Waals surface area contributed by atoms with E-state index in [2.05, 4.69) is 13.2 Å². The summed E-state index contributed by atoms with van der Waals surface area (Å²) in [5.74, 6) is 0.190. The quantitative estimate of drug-likeness (QED) is 0.387. The van der Waals surface area contributed by atoms with Gasteiger partial charge in [-0.25, -0.2) is 0 Å². The summed E-state index contributed by atoms with van der Waals surface area (Å²) >= 11 is 0. The Hall–Kier alpha value is -2.69. The highest BCUT2D eigenvalue weighted by molar-refractivity contribution is 8.45. The highest BCUT2D eigenvalue weighted by Crippen LogP contribution is 3.02. The van der Waals surface area contributed by atoms with E-state index in [4.69, 9.17) is 0 Å². The molecular weight excluding hydrogens is 476 g/mol. The van der Waals surface area contributed by atoms with Crippen LogP contribution < -0.4 is 9.80 Å². The molecule has 11 heteroatoms. The highest BCUT2D eigenvalue weighted by Gasteiger charge is 2.65. The lowest BCUT2D eigenvalue weighted by Gasteiger charge is -2.40. The molecule has 0 spiro atoms. The first kappa shape index (κ1) is 26.6. The zero-order chi connectivity index (χ0) is 25.7. The zero-order valence-electron chi connectivity index (χ0n) is 18.4. The van der Waals surface area contributed by atoms with Crippen LogP contribution in [0.4, 0.5) is 44.0 Å². The molecule has 1 saturated heterocycles. The molecule has 0 bridgehead atoms. The first-order valence-electron chi connectivity index (χ1n) is 9.73. The molecule has 0 unspecified atom stereocenters. The minimum absolute atomic E-state index is 0.100. The molecule has 2 aromatic carbocycles. The molecule has 0 amide bonds. The molecule has 1 aliphatic heterocycles. The van der Waals surface area contributed by atoms with E-state index in [1.807, 2.05) is 13.8 Å². The summed E-state index contributed by atoms with van der Waals surface area (Å²) in [7, 11) is -9.82. The van der Waals surface area contributed by atoms with E-state index in [1.165, 1.54) is 17.0 Å². The minimum Gasteiger partial charge on any atom is -0.317 e. The van der Waals surface area contributed by atoms with Crippen molar-refractivity contribution < 1.29 is 32.6 Å². The molecule has 2 nitrogen and oxygen atoms in total. The van der Waals surface area contributed by atoms with Crippen LogP contribution >= 0.6 is 10.2 Å². The van der Waals surface area contributed by atoms with Crippen LogP contribution in [-0.4, -0.2) is 5.54 Å². The van der Waals surface area contributed by atoms with E-state index in [-0.39, 0.29) is 23.6 Å². The summed E-state index contributed by atoms with van der Waals surface area (Å²) < 4.78 is 104. The average Bonchev–Trinajstić information content (AvgIpc) is 2.85. The fraction of sp³-hybridized carbons (Fsp3) is 0.273. The lowest BCUT2D eigenvalue weighted by molar-refractivity contribution is -0.137. The third-order valence-corrected chi connectivity index (χ3v) is 6.21. The number of hydrogen-bond acceptors (Lipinski definition) is 2. The lowest BCUT2D eigenvalue weighted by Crippen LogP contribution is -2.38. The second-order valence-electron chi connectivity index (χ2n) is 7.60. The summed E-state index contributed by atoms with van der Waals surface area (Å²) in [5.41, 5.74) is -0.979. The van der Waals surface area contributed by atoms with E-state index < -0.39 is 32.4 Å². The summed E-state index contributed by atoms with van der Waals surface area (Å²) in [4.78, 5) is 0.902. The fourth-order valence-electron chi connectivity index (χ4n) is 3.41. The Balaban J connectivity index is 0.00000187. The van der Waals surface area contributed by atoms with E-state index >= 15 is 0 Å². The van der Waals surface area contributed by atoms with Gasteiger partial charge in [0.25, 0.3) is 0 Å². The van der Waals surface area contributed by atoms with Crippen molar-refractivity contribution in [2.24, 2.45) is 0 Å². The molecule has 1 heterocycles. The van der Waals surface area contributed by atoms with Gasteiger partial charge in [0.15, 0.2) is 0 Å². The molecule has 0 N–H and O–H groups in total. The molecule has 0 atom stereocenters. The van der Waals surface area contributed by atoms with Crippen molar-refractivity contribution in [2.45, 2.75) is 44.3 Å². The molecule has 184 valence electrons. The highest BCUT2D eigenvalue weighted by atomic mass is 32.5. The van der Waals surface area contributed by atoms with Crippen molar-refractivity contribution in [1.82, 2.24) is 0 Å². The van der Waals surface area contributed by atoms with Crippen LogP contribution in [0.1, 0.15) is 33.3 Å². The van der Waals surface area contributed by atoms with Crippen LogP contribution in [0.5, 0.6) is 0 Å². The Morgan fingerprint density at radius 1 is 0.758 bits per heavy atom. The Kier molecular flexibility index (Phi) is 5.96. The monoisotopic (exact) mass is 500 g/mol. The smallest absolute Gasteiger partial charge is 0.317 e. The van der Waals surface area contributed by atoms with Crippen LogP contribution in [0.3, 0.4) is 0 Å². The van der Waals surface area contributed by atoms with Crippen LogP contribution in [-0.2, 0) is 6.18 Å². The number of benzene rings is 2. The zero-order valence-corrected chi connectivity index (χ0v) is 19.2. The van der Waals surface area contributed by atoms with Gasteiger partial charge < -0.3 is 4.90 Å². The summed E-state index contributed by atoms with van der Waals surface area (Å²) in [6, 6.07) is 6.58. The van der Waals surface area contributed by atoms with E-state index in [0.717, 1.165) is 24.3 Å². The molecule has 0 aliphatic carbocycles. The molecular formula is C22H24F8N2S. The van der Waals surface area contributed by atoms with E-state index in [1.54, 1.807) is 18.7 Å². The number of hydrogen-bond donors (Lipinski definition) is 0. The van der Waals surface area contributed by atoms with Crippen LogP contribution in [0.15, 0.2) is 78.1 Å². The fourth-order valence-corrected chi connectivity index (χ4v) is 4.06. The largest absolute Gasteiger partial charge is 0.416 e. The summed E-state index contributed by atoms with van der Waals surface area (Å²) in [6.45, 7) is 15.2. The van der Waals surface area contributed by atoms with Crippen molar-refractivity contribution in [3.63, 3.8) is 0 Å². The third kappa shape index (κ3) is 5.13. The van der Waals surface area contributed by atoms with Crippen molar-refractivity contribution in [1.29, 1.82) is 0 Å². The maximum absolute atomic E-state index is 13.0. The van der Waals surface area contributed by atoms with Gasteiger partial charge in [0, 0.05) is 17.1 Å². The Bertz CT molecular complexity index is 1050. The number of alkyl halides is 3. The number of nitrogens with zero attached hydrogens (tertiary/aromatic N) is 2. The van der Waals surface area contributed by atoms with Gasteiger partial charge in [-0.15, -0.1) is 0 Å². The van der Waals surface area contributed by atoms with Gasteiger partial charge >= 0.3 is 16.4 Å². The standard InChI is InChI=1S/C20H18F8N2S.C2H6/c1-13-19(3,4)30(17-7-5-15(6-8-17)20(21,22)23)14(2)29(13)16-9-11-18(12-10-16)31(24,25,26,27)28;1-2/h5-12H,1-2H2,3-4H3;1-2H3. The molecule has 1 fully saturated rings. The second-order valence-corrected chi connectivity index (χ2v) is 10.0. The Morgan fingerprint density at radius 2 is 1.18 bits per heavy atom. The third-order valence-electron chi connectivity index (χ3n) is 5.04. The lowest BCUT2D eigenvalue weighted by atomic mass is 10.00. The normalized spacial score (nSPS) is 18.4. The molecule has 1 aliphatic rings. The number of halogens is 8. The summed E-state index contributed by atoms with van der Waals surface area (Å²) in [6.07, 6.45) is -4.52. The van der Waals surface area contributed by atoms with Gasteiger partial charge in [0.05, 0.1) is 11.1 Å². The van der Waals surface area contributed by atoms with Gasteiger partial charge in [-0.1, -0.05) is 46.4 Å². The van der Waals surface area contributed by atoms with Gasteiger partial charge in [0.1, 0.15) is 10.7 Å². The summed E-state index contributed by atoms with van der Waals surface area (Å²) in [5, 5.41) is 0. The van der Waals surface area contributed by atoms with Crippen LogP contribution in [0, 0.1) is 0 Å².